The number of hydrogen-bond acceptors (Lipinski definition) is 3. The topological polar surface area (TPSA) is 54.0 Å². The van der Waals surface area contributed by atoms with Crippen molar-refractivity contribution in [2.24, 2.45) is 0 Å². The van der Waals surface area contributed by atoms with Crippen molar-refractivity contribution in [3.8, 4) is 0 Å². The lowest BCUT2D eigenvalue weighted by Gasteiger charge is -2.11. The van der Waals surface area contributed by atoms with Gasteiger partial charge in [0.05, 0.1) is 11.0 Å². The third-order valence-corrected chi connectivity index (χ3v) is 3.56. The molecule has 0 aromatic carbocycles. The number of carbonyl (C=O) groups excluding carboxylic acids is 1. The van der Waals surface area contributed by atoms with Gasteiger partial charge in [-0.3, -0.25) is 4.79 Å². The zero-order valence-corrected chi connectivity index (χ0v) is 11.2. The molecular weight excluding hydrogens is 282 g/mol. The van der Waals surface area contributed by atoms with Crippen LogP contribution >= 0.6 is 15.9 Å². The highest BCUT2D eigenvalue weighted by atomic mass is 79.9. The van der Waals surface area contributed by atoms with Crippen molar-refractivity contribution in [1.82, 2.24) is 10.3 Å². The fourth-order valence-electron chi connectivity index (χ4n) is 2.02. The van der Waals surface area contributed by atoms with E-state index in [1.165, 1.54) is 25.7 Å². The van der Waals surface area contributed by atoms with E-state index in [4.69, 9.17) is 0 Å². The Balaban J connectivity index is 1.79. The van der Waals surface area contributed by atoms with E-state index in [-0.39, 0.29) is 5.91 Å². The molecule has 1 fully saturated rings. The monoisotopic (exact) mass is 297 g/mol. The minimum Gasteiger partial charge on any atom is -0.309 e. The summed E-state index contributed by atoms with van der Waals surface area (Å²) in [5.41, 5.74) is 0. The Kier molecular flexibility index (Phi) is 4.50. The summed E-state index contributed by atoms with van der Waals surface area (Å²) in [4.78, 5) is 15.8. The SMILES string of the molecule is O=C(CNC1CCCC1)Nc1ncccc1Br. The standard InChI is InChI=1S/C12H16BrN3O/c13-10-6-3-7-14-12(10)16-11(17)8-15-9-4-1-2-5-9/h3,6-7,9,15H,1-2,4-5,8H2,(H,14,16,17). The van der Waals surface area contributed by atoms with Gasteiger partial charge in [-0.15, -0.1) is 0 Å². The second-order valence-electron chi connectivity index (χ2n) is 4.24. The van der Waals surface area contributed by atoms with E-state index in [2.05, 4.69) is 31.5 Å². The average molecular weight is 298 g/mol. The van der Waals surface area contributed by atoms with E-state index in [0.717, 1.165) is 4.47 Å². The first kappa shape index (κ1) is 12.5. The maximum atomic E-state index is 11.7. The molecule has 0 atom stereocenters. The molecule has 4 nitrogen and oxygen atoms in total. The molecule has 1 heterocycles. The summed E-state index contributed by atoms with van der Waals surface area (Å²) in [6, 6.07) is 4.18. The van der Waals surface area contributed by atoms with Gasteiger partial charge in [-0.25, -0.2) is 4.98 Å². The van der Waals surface area contributed by atoms with E-state index < -0.39 is 0 Å². The van der Waals surface area contributed by atoms with Crippen LogP contribution < -0.4 is 10.6 Å². The van der Waals surface area contributed by atoms with Crippen molar-refractivity contribution < 1.29 is 4.79 Å². The average Bonchev–Trinajstić information content (AvgIpc) is 2.82. The molecule has 1 amide bonds. The number of rotatable bonds is 4. The van der Waals surface area contributed by atoms with Gasteiger partial charge in [0.1, 0.15) is 5.82 Å². The number of aromatic nitrogens is 1. The molecule has 1 saturated carbocycles. The predicted octanol–water partition coefficient (Wildman–Crippen LogP) is 2.31. The second-order valence-corrected chi connectivity index (χ2v) is 5.10. The van der Waals surface area contributed by atoms with E-state index in [1.807, 2.05) is 12.1 Å². The van der Waals surface area contributed by atoms with Gasteiger partial charge in [0.15, 0.2) is 0 Å². The van der Waals surface area contributed by atoms with Gasteiger partial charge in [0.25, 0.3) is 0 Å². The van der Waals surface area contributed by atoms with Gasteiger partial charge >= 0.3 is 0 Å². The first-order valence-electron chi connectivity index (χ1n) is 5.89. The number of anilines is 1. The van der Waals surface area contributed by atoms with Crippen LogP contribution in [0.4, 0.5) is 5.82 Å². The first-order valence-corrected chi connectivity index (χ1v) is 6.69. The van der Waals surface area contributed by atoms with Crippen molar-refractivity contribution in [2.45, 2.75) is 31.7 Å². The van der Waals surface area contributed by atoms with Crippen LogP contribution in [-0.4, -0.2) is 23.5 Å². The number of amides is 1. The predicted molar refractivity (Wildman–Crippen MR) is 70.8 cm³/mol. The normalized spacial score (nSPS) is 16.1. The molecule has 0 bridgehead atoms. The molecule has 1 aromatic rings. The Morgan fingerprint density at radius 1 is 1.47 bits per heavy atom. The third-order valence-electron chi connectivity index (χ3n) is 2.92. The fraction of sp³-hybridized carbons (Fsp3) is 0.500. The van der Waals surface area contributed by atoms with Crippen LogP contribution in [0, 0.1) is 0 Å². The minimum atomic E-state index is -0.0451. The quantitative estimate of drug-likeness (QED) is 0.897. The third kappa shape index (κ3) is 3.78. The molecular formula is C12H16BrN3O. The molecule has 92 valence electrons. The minimum absolute atomic E-state index is 0.0451. The molecule has 2 rings (SSSR count). The van der Waals surface area contributed by atoms with Crippen LogP contribution in [0.25, 0.3) is 0 Å². The Bertz CT molecular complexity index is 391. The molecule has 1 aliphatic rings. The molecule has 0 spiro atoms. The Morgan fingerprint density at radius 3 is 2.94 bits per heavy atom. The lowest BCUT2D eigenvalue weighted by atomic mass is 10.2. The molecule has 1 aliphatic carbocycles. The van der Waals surface area contributed by atoms with Crippen LogP contribution in [-0.2, 0) is 4.79 Å². The van der Waals surface area contributed by atoms with E-state index in [1.54, 1.807) is 6.20 Å². The van der Waals surface area contributed by atoms with Gasteiger partial charge in [-0.05, 0) is 40.9 Å². The highest BCUT2D eigenvalue weighted by molar-refractivity contribution is 9.10. The van der Waals surface area contributed by atoms with Crippen molar-refractivity contribution >= 4 is 27.7 Å². The highest BCUT2D eigenvalue weighted by Gasteiger charge is 2.15. The van der Waals surface area contributed by atoms with E-state index >= 15 is 0 Å². The van der Waals surface area contributed by atoms with Gasteiger partial charge < -0.3 is 10.6 Å². The number of nitrogens with one attached hydrogen (secondary N) is 2. The maximum absolute atomic E-state index is 11.7. The van der Waals surface area contributed by atoms with Crippen LogP contribution in [0.5, 0.6) is 0 Å². The molecule has 0 radical (unpaired) electrons. The van der Waals surface area contributed by atoms with Crippen LogP contribution in [0.15, 0.2) is 22.8 Å². The summed E-state index contributed by atoms with van der Waals surface area (Å²) in [6.07, 6.45) is 6.56. The largest absolute Gasteiger partial charge is 0.309 e. The Hall–Kier alpha value is -0.940. The van der Waals surface area contributed by atoms with E-state index in [9.17, 15) is 4.79 Å². The Labute approximate surface area is 109 Å². The van der Waals surface area contributed by atoms with E-state index in [0.29, 0.717) is 18.4 Å². The summed E-state index contributed by atoms with van der Waals surface area (Å²) in [6.45, 7) is 0.355. The van der Waals surface area contributed by atoms with Crippen molar-refractivity contribution in [3.05, 3.63) is 22.8 Å². The van der Waals surface area contributed by atoms with Gasteiger partial charge in [0.2, 0.25) is 5.91 Å². The lowest BCUT2D eigenvalue weighted by molar-refractivity contribution is -0.115. The van der Waals surface area contributed by atoms with Crippen molar-refractivity contribution in [3.63, 3.8) is 0 Å². The smallest absolute Gasteiger partial charge is 0.239 e. The fourth-order valence-corrected chi connectivity index (χ4v) is 2.38. The number of nitrogens with zero attached hydrogens (tertiary/aromatic N) is 1. The number of hydrogen-bond donors (Lipinski definition) is 2. The summed E-state index contributed by atoms with van der Waals surface area (Å²) in [7, 11) is 0. The molecule has 2 N–H and O–H groups in total. The van der Waals surface area contributed by atoms with Crippen LogP contribution in [0.2, 0.25) is 0 Å². The van der Waals surface area contributed by atoms with Crippen molar-refractivity contribution in [1.29, 1.82) is 0 Å². The molecule has 0 aliphatic heterocycles. The highest BCUT2D eigenvalue weighted by Crippen LogP contribution is 2.19. The zero-order chi connectivity index (χ0) is 12.1. The second kappa shape index (κ2) is 6.12. The summed E-state index contributed by atoms with van der Waals surface area (Å²) in [5, 5.41) is 6.04. The number of pyridine rings is 1. The van der Waals surface area contributed by atoms with Gasteiger partial charge in [-0.2, -0.15) is 0 Å². The van der Waals surface area contributed by atoms with Crippen molar-refractivity contribution in [2.75, 3.05) is 11.9 Å². The van der Waals surface area contributed by atoms with Crippen LogP contribution in [0.3, 0.4) is 0 Å². The zero-order valence-electron chi connectivity index (χ0n) is 9.58. The maximum Gasteiger partial charge on any atom is 0.239 e. The summed E-state index contributed by atoms with van der Waals surface area (Å²) in [5.74, 6) is 0.530. The molecule has 0 unspecified atom stereocenters. The Morgan fingerprint density at radius 2 is 2.24 bits per heavy atom. The van der Waals surface area contributed by atoms with Crippen LogP contribution in [0.1, 0.15) is 25.7 Å². The van der Waals surface area contributed by atoms with Gasteiger partial charge in [0, 0.05) is 12.2 Å². The number of halogens is 1. The molecule has 5 heteroatoms. The lowest BCUT2D eigenvalue weighted by Crippen LogP contribution is -2.34. The van der Waals surface area contributed by atoms with Gasteiger partial charge in [-0.1, -0.05) is 12.8 Å². The summed E-state index contributed by atoms with van der Waals surface area (Å²) < 4.78 is 0.800. The molecule has 17 heavy (non-hydrogen) atoms. The number of carbonyl (C=O) groups is 1. The summed E-state index contributed by atoms with van der Waals surface area (Å²) >= 11 is 3.34. The molecule has 1 aromatic heterocycles. The first-order chi connectivity index (χ1) is 8.25. The molecule has 0 saturated heterocycles.